The molecule has 2 aliphatic rings. The zero-order chi connectivity index (χ0) is 19.9. The second-order valence-corrected chi connectivity index (χ2v) is 8.07. The van der Waals surface area contributed by atoms with E-state index in [4.69, 9.17) is 4.74 Å². The number of hydrogen-bond acceptors (Lipinski definition) is 4. The van der Waals surface area contributed by atoms with Gasteiger partial charge in [0.2, 0.25) is 0 Å². The second kappa shape index (κ2) is 6.99. The number of ketones is 2. The highest BCUT2D eigenvalue weighted by atomic mass is 16.6. The fraction of sp³-hybridized carbons (Fsp3) is 0.348. The molecule has 0 saturated carbocycles. The van der Waals surface area contributed by atoms with Gasteiger partial charge in [0.05, 0.1) is 18.7 Å². The van der Waals surface area contributed by atoms with Crippen LogP contribution in [-0.4, -0.2) is 36.2 Å². The van der Waals surface area contributed by atoms with Crippen LogP contribution in [0.2, 0.25) is 0 Å². The topological polar surface area (TPSA) is 77.1 Å². The molecular weight excluding hydrogens is 354 g/mol. The first-order valence-corrected chi connectivity index (χ1v) is 9.76. The van der Waals surface area contributed by atoms with Crippen LogP contribution < -0.4 is 5.32 Å². The van der Waals surface area contributed by atoms with Crippen molar-refractivity contribution in [2.24, 2.45) is 5.92 Å². The van der Waals surface area contributed by atoms with Gasteiger partial charge in [0.25, 0.3) is 0 Å². The SMILES string of the molecule is CC(C)(OC(=O)c1cccc2c1C(=O)c1ccccc1C2=O)C1CC[NH2+]CC1. The van der Waals surface area contributed by atoms with E-state index in [2.05, 4.69) is 5.32 Å². The maximum absolute atomic E-state index is 13.1. The molecule has 4 rings (SSSR count). The van der Waals surface area contributed by atoms with E-state index < -0.39 is 11.6 Å². The van der Waals surface area contributed by atoms with E-state index in [0.717, 1.165) is 25.9 Å². The van der Waals surface area contributed by atoms with E-state index in [1.54, 1.807) is 42.5 Å². The van der Waals surface area contributed by atoms with Crippen molar-refractivity contribution in [2.45, 2.75) is 32.3 Å². The van der Waals surface area contributed by atoms with Crippen molar-refractivity contribution in [3.63, 3.8) is 0 Å². The zero-order valence-electron chi connectivity index (χ0n) is 16.2. The Morgan fingerprint density at radius 1 is 0.929 bits per heavy atom. The number of ether oxygens (including phenoxy) is 1. The molecule has 0 bridgehead atoms. The third kappa shape index (κ3) is 3.06. The summed E-state index contributed by atoms with van der Waals surface area (Å²) in [4.78, 5) is 39.0. The van der Waals surface area contributed by atoms with Crippen molar-refractivity contribution in [1.29, 1.82) is 0 Å². The summed E-state index contributed by atoms with van der Waals surface area (Å²) in [5, 5.41) is 2.27. The largest absolute Gasteiger partial charge is 0.456 e. The summed E-state index contributed by atoms with van der Waals surface area (Å²) in [7, 11) is 0. The highest BCUT2D eigenvalue weighted by Crippen LogP contribution is 2.32. The molecule has 0 unspecified atom stereocenters. The molecule has 2 aromatic rings. The van der Waals surface area contributed by atoms with E-state index in [1.807, 2.05) is 13.8 Å². The quantitative estimate of drug-likeness (QED) is 0.710. The normalized spacial score (nSPS) is 17.1. The third-order valence-electron chi connectivity index (χ3n) is 5.95. The predicted octanol–water partition coefficient (Wildman–Crippen LogP) is 2.37. The molecule has 28 heavy (non-hydrogen) atoms. The summed E-state index contributed by atoms with van der Waals surface area (Å²) in [6, 6.07) is 11.5. The molecule has 5 heteroatoms. The lowest BCUT2D eigenvalue weighted by molar-refractivity contribution is -0.665. The first-order chi connectivity index (χ1) is 13.4. The van der Waals surface area contributed by atoms with E-state index in [-0.39, 0.29) is 34.2 Å². The van der Waals surface area contributed by atoms with Gasteiger partial charge in [-0.1, -0.05) is 36.4 Å². The van der Waals surface area contributed by atoms with Crippen LogP contribution in [0, 0.1) is 5.92 Å². The van der Waals surface area contributed by atoms with Gasteiger partial charge in [-0.15, -0.1) is 0 Å². The molecular formula is C23H24NO4+. The molecule has 1 fully saturated rings. The molecule has 1 heterocycles. The minimum Gasteiger partial charge on any atom is -0.456 e. The van der Waals surface area contributed by atoms with Gasteiger partial charge in [0.15, 0.2) is 11.6 Å². The molecule has 1 saturated heterocycles. The smallest absolute Gasteiger partial charge is 0.339 e. The summed E-state index contributed by atoms with van der Waals surface area (Å²) >= 11 is 0. The highest BCUT2D eigenvalue weighted by molar-refractivity contribution is 6.30. The van der Waals surface area contributed by atoms with Crippen LogP contribution in [0.5, 0.6) is 0 Å². The fourth-order valence-corrected chi connectivity index (χ4v) is 4.31. The van der Waals surface area contributed by atoms with E-state index in [0.29, 0.717) is 11.1 Å². The van der Waals surface area contributed by atoms with Gasteiger partial charge >= 0.3 is 5.97 Å². The molecule has 2 aromatic carbocycles. The van der Waals surface area contributed by atoms with Crippen LogP contribution in [0.3, 0.4) is 0 Å². The van der Waals surface area contributed by atoms with Crippen molar-refractivity contribution < 1.29 is 24.4 Å². The van der Waals surface area contributed by atoms with Crippen LogP contribution in [0.25, 0.3) is 0 Å². The van der Waals surface area contributed by atoms with Gasteiger partial charge in [-0.3, -0.25) is 9.59 Å². The summed E-state index contributed by atoms with van der Waals surface area (Å²) in [6.07, 6.45) is 1.97. The lowest BCUT2D eigenvalue weighted by atomic mass is 9.81. The van der Waals surface area contributed by atoms with E-state index >= 15 is 0 Å². The Labute approximate surface area is 164 Å². The van der Waals surface area contributed by atoms with E-state index in [9.17, 15) is 14.4 Å². The third-order valence-corrected chi connectivity index (χ3v) is 5.95. The maximum atomic E-state index is 13.1. The van der Waals surface area contributed by atoms with Crippen molar-refractivity contribution in [2.75, 3.05) is 13.1 Å². The van der Waals surface area contributed by atoms with Crippen LogP contribution in [0.4, 0.5) is 0 Å². The lowest BCUT2D eigenvalue weighted by Gasteiger charge is -2.35. The first-order valence-electron chi connectivity index (χ1n) is 9.76. The number of esters is 1. The van der Waals surface area contributed by atoms with Crippen molar-refractivity contribution in [1.82, 2.24) is 0 Å². The van der Waals surface area contributed by atoms with Crippen molar-refractivity contribution in [3.8, 4) is 0 Å². The summed E-state index contributed by atoms with van der Waals surface area (Å²) in [5.74, 6) is -0.805. The number of carbonyl (C=O) groups excluding carboxylic acids is 3. The van der Waals surface area contributed by atoms with Gasteiger partial charge in [-0.25, -0.2) is 4.79 Å². The Morgan fingerprint density at radius 2 is 1.54 bits per heavy atom. The lowest BCUT2D eigenvalue weighted by Crippen LogP contribution is -2.86. The molecule has 0 aromatic heterocycles. The highest BCUT2D eigenvalue weighted by Gasteiger charge is 2.38. The Balaban J connectivity index is 1.69. The minimum atomic E-state index is -0.631. The fourth-order valence-electron chi connectivity index (χ4n) is 4.31. The molecule has 5 nitrogen and oxygen atoms in total. The van der Waals surface area contributed by atoms with Crippen LogP contribution in [-0.2, 0) is 4.74 Å². The Bertz CT molecular complexity index is 970. The first kappa shape index (κ1) is 18.6. The van der Waals surface area contributed by atoms with Crippen LogP contribution in [0.15, 0.2) is 42.5 Å². The van der Waals surface area contributed by atoms with Crippen LogP contribution >= 0.6 is 0 Å². The monoisotopic (exact) mass is 378 g/mol. The molecule has 144 valence electrons. The number of rotatable bonds is 3. The molecule has 0 spiro atoms. The van der Waals surface area contributed by atoms with Crippen molar-refractivity contribution >= 4 is 17.5 Å². The molecule has 0 atom stereocenters. The molecule has 0 radical (unpaired) electrons. The van der Waals surface area contributed by atoms with Crippen molar-refractivity contribution in [3.05, 3.63) is 70.3 Å². The average molecular weight is 378 g/mol. The summed E-state index contributed by atoms with van der Waals surface area (Å²) in [6.45, 7) is 5.91. The summed E-state index contributed by atoms with van der Waals surface area (Å²) in [5.41, 5.74) is 0.674. The number of fused-ring (bicyclic) bond motifs is 2. The van der Waals surface area contributed by atoms with Gasteiger partial charge in [-0.05, 0) is 19.9 Å². The molecule has 1 aliphatic carbocycles. The minimum absolute atomic E-state index is 0.156. The number of carbonyl (C=O) groups is 3. The van der Waals surface area contributed by atoms with Gasteiger partial charge in [-0.2, -0.15) is 0 Å². The Morgan fingerprint density at radius 3 is 2.21 bits per heavy atom. The Hall–Kier alpha value is -2.79. The Kier molecular flexibility index (Phi) is 4.63. The predicted molar refractivity (Wildman–Crippen MR) is 104 cm³/mol. The number of benzene rings is 2. The second-order valence-electron chi connectivity index (χ2n) is 8.07. The molecule has 0 amide bonds. The number of nitrogens with two attached hydrogens (primary N) is 1. The number of piperidine rings is 1. The van der Waals surface area contributed by atoms with Gasteiger partial charge in [0, 0.05) is 41.0 Å². The number of hydrogen-bond donors (Lipinski definition) is 1. The van der Waals surface area contributed by atoms with Gasteiger partial charge < -0.3 is 10.1 Å². The molecule has 1 aliphatic heterocycles. The molecule has 2 N–H and O–H groups in total. The number of quaternary nitrogens is 1. The van der Waals surface area contributed by atoms with Gasteiger partial charge in [0.1, 0.15) is 5.60 Å². The van der Waals surface area contributed by atoms with Crippen LogP contribution in [0.1, 0.15) is 68.9 Å². The van der Waals surface area contributed by atoms with E-state index in [1.165, 1.54) is 0 Å². The zero-order valence-corrected chi connectivity index (χ0v) is 16.2. The standard InChI is InChI=1S/C23H23NO4/c1-23(2,14-10-12-24-13-11-14)28-22(27)18-9-5-8-17-19(18)21(26)16-7-4-3-6-15(16)20(17)25/h3-9,14,24H,10-13H2,1-2H3/p+1. The average Bonchev–Trinajstić information content (AvgIpc) is 2.72. The maximum Gasteiger partial charge on any atom is 0.339 e. The summed E-state index contributed by atoms with van der Waals surface area (Å²) < 4.78 is 5.88.